The van der Waals surface area contributed by atoms with Crippen molar-refractivity contribution in [3.8, 4) is 5.75 Å². The molecule has 140 valence electrons. The summed E-state index contributed by atoms with van der Waals surface area (Å²) in [5, 5.41) is 13.7. The lowest BCUT2D eigenvalue weighted by Gasteiger charge is -2.08. The fourth-order valence-electron chi connectivity index (χ4n) is 5.24. The standard InChI is InChI=1S/C29H18O/c1-30-23-13-3-17(4-14-23)2-5-21-16-22-11-10-19-7-6-18-8-9-20-12-15-24(21)29-27(20)25(18)26(19)28(22)29/h2-16H,1H3/b5-2+. The van der Waals surface area contributed by atoms with Gasteiger partial charge in [0.15, 0.2) is 0 Å². The molecular formula is C29H18O. The Labute approximate surface area is 173 Å². The number of methoxy groups -OCH3 is 1. The number of benzene rings is 6. The average Bonchev–Trinajstić information content (AvgIpc) is 3.17. The third kappa shape index (κ3) is 1.97. The molecule has 0 N–H and O–H groups in total. The van der Waals surface area contributed by atoms with Gasteiger partial charge in [-0.1, -0.05) is 72.8 Å². The van der Waals surface area contributed by atoms with Gasteiger partial charge in [0.1, 0.15) is 5.75 Å². The molecule has 0 unspecified atom stereocenters. The van der Waals surface area contributed by atoms with Crippen molar-refractivity contribution in [1.29, 1.82) is 0 Å². The van der Waals surface area contributed by atoms with E-state index < -0.39 is 0 Å². The van der Waals surface area contributed by atoms with Crippen molar-refractivity contribution >= 4 is 66.0 Å². The van der Waals surface area contributed by atoms with Crippen LogP contribution in [0.3, 0.4) is 0 Å². The maximum Gasteiger partial charge on any atom is 0.118 e. The molecule has 0 aromatic heterocycles. The summed E-state index contributed by atoms with van der Waals surface area (Å²) in [7, 11) is 1.70. The summed E-state index contributed by atoms with van der Waals surface area (Å²) in [4.78, 5) is 0. The van der Waals surface area contributed by atoms with Crippen LogP contribution in [0.1, 0.15) is 11.1 Å². The Hall–Kier alpha value is -3.84. The minimum atomic E-state index is 0.881. The first-order valence-electron chi connectivity index (χ1n) is 10.3. The topological polar surface area (TPSA) is 9.23 Å². The van der Waals surface area contributed by atoms with Gasteiger partial charge < -0.3 is 4.74 Å². The van der Waals surface area contributed by atoms with Crippen LogP contribution in [-0.2, 0) is 0 Å². The molecule has 0 bridgehead atoms. The van der Waals surface area contributed by atoms with Gasteiger partial charge >= 0.3 is 0 Å². The maximum atomic E-state index is 5.28. The summed E-state index contributed by atoms with van der Waals surface area (Å²) in [6.45, 7) is 0. The summed E-state index contributed by atoms with van der Waals surface area (Å²) >= 11 is 0. The quantitative estimate of drug-likeness (QED) is 0.223. The van der Waals surface area contributed by atoms with Crippen molar-refractivity contribution in [3.63, 3.8) is 0 Å². The van der Waals surface area contributed by atoms with Crippen LogP contribution in [0, 0.1) is 0 Å². The number of hydrogen-bond donors (Lipinski definition) is 0. The Bertz CT molecular complexity index is 1660. The Morgan fingerprint density at radius 1 is 0.533 bits per heavy atom. The highest BCUT2D eigenvalue weighted by atomic mass is 16.5. The summed E-state index contributed by atoms with van der Waals surface area (Å²) in [5.41, 5.74) is 2.43. The fourth-order valence-corrected chi connectivity index (χ4v) is 5.24. The van der Waals surface area contributed by atoms with E-state index in [2.05, 4.69) is 78.9 Å². The molecule has 0 fully saturated rings. The van der Waals surface area contributed by atoms with E-state index in [4.69, 9.17) is 4.74 Å². The lowest BCUT2D eigenvalue weighted by Crippen LogP contribution is -1.83. The predicted octanol–water partition coefficient (Wildman–Crippen LogP) is 7.95. The zero-order valence-electron chi connectivity index (χ0n) is 16.6. The number of ether oxygens (including phenoxy) is 1. The third-order valence-corrected chi connectivity index (χ3v) is 6.62. The summed E-state index contributed by atoms with van der Waals surface area (Å²) in [6.07, 6.45) is 4.43. The SMILES string of the molecule is COc1ccc(/C=C/c2cc3ccc4ccc5ccc6ccc2c2c6c5c4c32)cc1. The molecule has 0 saturated heterocycles. The van der Waals surface area contributed by atoms with Crippen LogP contribution in [0.4, 0.5) is 0 Å². The first-order chi connectivity index (χ1) is 14.8. The van der Waals surface area contributed by atoms with Gasteiger partial charge in [-0.2, -0.15) is 0 Å². The molecule has 0 saturated carbocycles. The first-order valence-corrected chi connectivity index (χ1v) is 10.3. The Morgan fingerprint density at radius 2 is 1.07 bits per heavy atom. The minimum Gasteiger partial charge on any atom is -0.497 e. The molecule has 30 heavy (non-hydrogen) atoms. The van der Waals surface area contributed by atoms with Crippen LogP contribution in [0.5, 0.6) is 5.75 Å². The van der Waals surface area contributed by atoms with Crippen molar-refractivity contribution in [1.82, 2.24) is 0 Å². The maximum absolute atomic E-state index is 5.28. The van der Waals surface area contributed by atoms with E-state index in [1.54, 1.807) is 7.11 Å². The molecule has 0 atom stereocenters. The summed E-state index contributed by atoms with van der Waals surface area (Å²) in [5.74, 6) is 0.881. The fraction of sp³-hybridized carbons (Fsp3) is 0.0345. The van der Waals surface area contributed by atoms with Crippen molar-refractivity contribution in [2.24, 2.45) is 0 Å². The molecular weight excluding hydrogens is 364 g/mol. The van der Waals surface area contributed by atoms with E-state index in [1.165, 1.54) is 65.0 Å². The summed E-state index contributed by atoms with van der Waals surface area (Å²) < 4.78 is 5.28. The monoisotopic (exact) mass is 382 g/mol. The lowest BCUT2D eigenvalue weighted by molar-refractivity contribution is 0.415. The predicted molar refractivity (Wildman–Crippen MR) is 129 cm³/mol. The molecule has 7 aromatic carbocycles. The Morgan fingerprint density at radius 3 is 1.70 bits per heavy atom. The molecule has 1 heteroatoms. The largest absolute Gasteiger partial charge is 0.497 e. The third-order valence-electron chi connectivity index (χ3n) is 6.62. The highest BCUT2D eigenvalue weighted by Gasteiger charge is 2.20. The molecule has 0 spiro atoms. The van der Waals surface area contributed by atoms with Crippen LogP contribution in [0.15, 0.2) is 78.9 Å². The van der Waals surface area contributed by atoms with E-state index in [9.17, 15) is 0 Å². The number of hydrogen-bond acceptors (Lipinski definition) is 1. The van der Waals surface area contributed by atoms with Crippen LogP contribution in [0.25, 0.3) is 66.0 Å². The lowest BCUT2D eigenvalue weighted by atomic mass is 9.95. The molecule has 0 amide bonds. The minimum absolute atomic E-state index is 0.881. The molecule has 0 aliphatic heterocycles. The van der Waals surface area contributed by atoms with Gasteiger partial charge in [-0.15, -0.1) is 0 Å². The molecule has 7 rings (SSSR count). The van der Waals surface area contributed by atoms with Crippen molar-refractivity contribution in [3.05, 3.63) is 90.0 Å². The van der Waals surface area contributed by atoms with Crippen LogP contribution in [0.2, 0.25) is 0 Å². The Balaban J connectivity index is 1.56. The first kappa shape index (κ1) is 16.0. The van der Waals surface area contributed by atoms with E-state index >= 15 is 0 Å². The van der Waals surface area contributed by atoms with Crippen LogP contribution in [-0.4, -0.2) is 7.11 Å². The highest BCUT2D eigenvalue weighted by molar-refractivity contribution is 6.44. The van der Waals surface area contributed by atoms with Gasteiger partial charge in [-0.3, -0.25) is 0 Å². The zero-order chi connectivity index (χ0) is 19.8. The molecule has 0 aliphatic rings. The van der Waals surface area contributed by atoms with Gasteiger partial charge in [0.05, 0.1) is 7.11 Å². The second-order valence-electron chi connectivity index (χ2n) is 8.15. The van der Waals surface area contributed by atoms with E-state index in [0.717, 1.165) is 5.75 Å². The molecule has 1 nitrogen and oxygen atoms in total. The second kappa shape index (κ2) is 5.61. The zero-order valence-corrected chi connectivity index (χ0v) is 16.6. The van der Waals surface area contributed by atoms with Gasteiger partial charge in [0.25, 0.3) is 0 Å². The van der Waals surface area contributed by atoms with E-state index in [-0.39, 0.29) is 0 Å². The molecule has 0 radical (unpaired) electrons. The van der Waals surface area contributed by atoms with Gasteiger partial charge in [0.2, 0.25) is 0 Å². The van der Waals surface area contributed by atoms with Gasteiger partial charge in [-0.05, 0) is 83.2 Å². The average molecular weight is 382 g/mol. The highest BCUT2D eigenvalue weighted by Crippen LogP contribution is 2.48. The number of rotatable bonds is 3. The van der Waals surface area contributed by atoms with Gasteiger partial charge in [0, 0.05) is 0 Å². The van der Waals surface area contributed by atoms with Crippen LogP contribution < -0.4 is 4.74 Å². The molecule has 7 aromatic rings. The van der Waals surface area contributed by atoms with Crippen LogP contribution >= 0.6 is 0 Å². The van der Waals surface area contributed by atoms with Crippen molar-refractivity contribution in [2.45, 2.75) is 0 Å². The van der Waals surface area contributed by atoms with E-state index in [1.807, 2.05) is 12.1 Å². The second-order valence-corrected chi connectivity index (χ2v) is 8.15. The van der Waals surface area contributed by atoms with Crippen molar-refractivity contribution < 1.29 is 4.74 Å². The normalized spacial score (nSPS) is 12.7. The smallest absolute Gasteiger partial charge is 0.118 e. The van der Waals surface area contributed by atoms with Crippen molar-refractivity contribution in [2.75, 3.05) is 7.11 Å². The van der Waals surface area contributed by atoms with E-state index in [0.29, 0.717) is 0 Å². The van der Waals surface area contributed by atoms with Gasteiger partial charge in [-0.25, -0.2) is 0 Å². The Kier molecular flexibility index (Phi) is 2.99. The molecule has 0 aliphatic carbocycles. The summed E-state index contributed by atoms with van der Waals surface area (Å²) in [6, 6.07) is 28.7. The molecule has 0 heterocycles.